The second kappa shape index (κ2) is 5.46. The normalized spacial score (nSPS) is 16.7. The van der Waals surface area contributed by atoms with Crippen LogP contribution >= 0.6 is 0 Å². The molecule has 2 rings (SSSR count). The number of hydrogen-bond acceptors (Lipinski definition) is 4. The molecular formula is C11H15N3O2. The molecule has 1 aliphatic heterocycles. The number of hydrogen-bond donors (Lipinski definition) is 0. The minimum absolute atomic E-state index is 0.713. The maximum Gasteiger partial charge on any atom is 0.146 e. The van der Waals surface area contributed by atoms with Gasteiger partial charge in [0.25, 0.3) is 0 Å². The third kappa shape index (κ3) is 2.70. The van der Waals surface area contributed by atoms with Crippen LogP contribution in [0.1, 0.15) is 0 Å². The molecule has 1 fully saturated rings. The van der Waals surface area contributed by atoms with Crippen LogP contribution in [0.5, 0.6) is 5.75 Å². The van der Waals surface area contributed by atoms with E-state index in [2.05, 4.69) is 10.3 Å². The third-order valence-electron chi connectivity index (χ3n) is 2.35. The van der Waals surface area contributed by atoms with E-state index in [0.717, 1.165) is 24.5 Å². The molecule has 0 radical (unpaired) electrons. The Bertz CT molecular complexity index is 362. The molecule has 5 nitrogen and oxygen atoms in total. The minimum Gasteiger partial charge on any atom is -0.494 e. The van der Waals surface area contributed by atoms with Crippen LogP contribution in [0.3, 0.4) is 0 Å². The van der Waals surface area contributed by atoms with Gasteiger partial charge in [0.1, 0.15) is 11.4 Å². The second-order valence-corrected chi connectivity index (χ2v) is 3.43. The topological polar surface area (TPSA) is 46.4 Å². The van der Waals surface area contributed by atoms with Crippen molar-refractivity contribution in [2.45, 2.75) is 0 Å². The third-order valence-corrected chi connectivity index (χ3v) is 2.35. The average Bonchev–Trinajstić information content (AvgIpc) is 2.38. The molecule has 1 aromatic rings. The summed E-state index contributed by atoms with van der Waals surface area (Å²) in [6.07, 6.45) is 0. The van der Waals surface area contributed by atoms with Crippen LogP contribution in [0, 0.1) is 0 Å². The molecule has 0 unspecified atom stereocenters. The van der Waals surface area contributed by atoms with E-state index in [1.807, 2.05) is 29.3 Å². The number of ether oxygens (including phenoxy) is 2. The lowest BCUT2D eigenvalue weighted by Gasteiger charge is -2.22. The van der Waals surface area contributed by atoms with E-state index in [-0.39, 0.29) is 0 Å². The lowest BCUT2D eigenvalue weighted by atomic mass is 10.3. The fraction of sp³-hybridized carbons (Fsp3) is 0.455. The van der Waals surface area contributed by atoms with E-state index in [1.54, 1.807) is 7.11 Å². The molecule has 0 saturated carbocycles. The van der Waals surface area contributed by atoms with Crippen LogP contribution in [0.15, 0.2) is 34.6 Å². The maximum atomic E-state index is 5.23. The van der Waals surface area contributed by atoms with Crippen LogP contribution in [0.2, 0.25) is 0 Å². The Morgan fingerprint density at radius 2 is 2.00 bits per heavy atom. The molecular weight excluding hydrogens is 206 g/mol. The molecule has 0 N–H and O–H groups in total. The zero-order valence-electron chi connectivity index (χ0n) is 9.30. The molecule has 0 atom stereocenters. The largest absolute Gasteiger partial charge is 0.494 e. The molecule has 1 aromatic carbocycles. The number of nitrogens with zero attached hydrogens (tertiary/aromatic N) is 3. The SMILES string of the molecule is COc1ccccc1N=NN1CCOCC1. The molecule has 5 heteroatoms. The lowest BCUT2D eigenvalue weighted by molar-refractivity contribution is 0.0353. The van der Waals surface area contributed by atoms with Crippen LogP contribution in [-0.2, 0) is 4.74 Å². The summed E-state index contributed by atoms with van der Waals surface area (Å²) in [5, 5.41) is 10.2. The Labute approximate surface area is 94.7 Å². The Balaban J connectivity index is 2.04. The van der Waals surface area contributed by atoms with Gasteiger partial charge in [-0.05, 0) is 12.1 Å². The molecule has 0 aliphatic carbocycles. The van der Waals surface area contributed by atoms with Crippen molar-refractivity contribution in [1.82, 2.24) is 5.01 Å². The van der Waals surface area contributed by atoms with Gasteiger partial charge in [-0.3, -0.25) is 5.01 Å². The van der Waals surface area contributed by atoms with Crippen molar-refractivity contribution in [3.63, 3.8) is 0 Å². The zero-order chi connectivity index (χ0) is 11.2. The first-order valence-electron chi connectivity index (χ1n) is 5.27. The Morgan fingerprint density at radius 3 is 2.75 bits per heavy atom. The molecule has 16 heavy (non-hydrogen) atoms. The van der Waals surface area contributed by atoms with Crippen molar-refractivity contribution in [3.8, 4) is 5.75 Å². The highest BCUT2D eigenvalue weighted by Gasteiger charge is 2.07. The quantitative estimate of drug-likeness (QED) is 0.734. The zero-order valence-corrected chi connectivity index (χ0v) is 9.30. The number of methoxy groups -OCH3 is 1. The monoisotopic (exact) mass is 221 g/mol. The first-order chi connectivity index (χ1) is 7.90. The van der Waals surface area contributed by atoms with E-state index in [1.165, 1.54) is 0 Å². The van der Waals surface area contributed by atoms with E-state index in [9.17, 15) is 0 Å². The summed E-state index contributed by atoms with van der Waals surface area (Å²) in [5.74, 6) is 0.736. The standard InChI is InChI=1S/C11H15N3O2/c1-15-11-5-3-2-4-10(11)12-13-14-6-8-16-9-7-14/h2-5H,6-9H2,1H3. The van der Waals surface area contributed by atoms with Crippen LogP contribution in [0.4, 0.5) is 5.69 Å². The number of benzene rings is 1. The first kappa shape index (κ1) is 10.9. The van der Waals surface area contributed by atoms with E-state index < -0.39 is 0 Å². The van der Waals surface area contributed by atoms with Gasteiger partial charge in [-0.25, -0.2) is 0 Å². The Kier molecular flexibility index (Phi) is 3.71. The summed E-state index contributed by atoms with van der Waals surface area (Å²) in [4.78, 5) is 0. The Morgan fingerprint density at radius 1 is 1.25 bits per heavy atom. The van der Waals surface area contributed by atoms with Crippen molar-refractivity contribution >= 4 is 5.69 Å². The molecule has 1 aliphatic rings. The smallest absolute Gasteiger partial charge is 0.146 e. The maximum absolute atomic E-state index is 5.23. The van der Waals surface area contributed by atoms with Crippen LogP contribution in [-0.4, -0.2) is 38.4 Å². The highest BCUT2D eigenvalue weighted by Crippen LogP contribution is 2.26. The summed E-state index contributed by atoms with van der Waals surface area (Å²) < 4.78 is 10.4. The predicted molar refractivity (Wildman–Crippen MR) is 59.9 cm³/mol. The average molecular weight is 221 g/mol. The highest BCUT2D eigenvalue weighted by molar-refractivity contribution is 5.50. The van der Waals surface area contributed by atoms with Gasteiger partial charge in [0.2, 0.25) is 0 Å². The highest BCUT2D eigenvalue weighted by atomic mass is 16.5. The van der Waals surface area contributed by atoms with Crippen molar-refractivity contribution in [1.29, 1.82) is 0 Å². The molecule has 0 bridgehead atoms. The molecule has 1 heterocycles. The summed E-state index contributed by atoms with van der Waals surface area (Å²) >= 11 is 0. The molecule has 1 saturated heterocycles. The second-order valence-electron chi connectivity index (χ2n) is 3.43. The number of rotatable bonds is 3. The van der Waals surface area contributed by atoms with Gasteiger partial charge in [-0.1, -0.05) is 17.4 Å². The fourth-order valence-corrected chi connectivity index (χ4v) is 1.47. The van der Waals surface area contributed by atoms with E-state index in [0.29, 0.717) is 13.2 Å². The minimum atomic E-state index is 0.713. The summed E-state index contributed by atoms with van der Waals surface area (Å²) in [5.41, 5.74) is 0.747. The van der Waals surface area contributed by atoms with Crippen molar-refractivity contribution in [2.24, 2.45) is 10.3 Å². The van der Waals surface area contributed by atoms with Crippen LogP contribution < -0.4 is 4.74 Å². The summed E-state index contributed by atoms with van der Waals surface area (Å²) in [6, 6.07) is 7.57. The van der Waals surface area contributed by atoms with Gasteiger partial charge in [-0.15, -0.1) is 5.11 Å². The van der Waals surface area contributed by atoms with Gasteiger partial charge in [0.15, 0.2) is 0 Å². The van der Waals surface area contributed by atoms with Crippen molar-refractivity contribution < 1.29 is 9.47 Å². The molecule has 0 amide bonds. The summed E-state index contributed by atoms with van der Waals surface area (Å²) in [7, 11) is 1.63. The molecule has 86 valence electrons. The summed E-state index contributed by atoms with van der Waals surface area (Å²) in [6.45, 7) is 3.01. The number of para-hydroxylation sites is 1. The molecule has 0 spiro atoms. The Hall–Kier alpha value is -1.62. The van der Waals surface area contributed by atoms with Crippen molar-refractivity contribution in [2.75, 3.05) is 33.4 Å². The van der Waals surface area contributed by atoms with E-state index >= 15 is 0 Å². The van der Waals surface area contributed by atoms with Gasteiger partial charge in [-0.2, -0.15) is 0 Å². The van der Waals surface area contributed by atoms with Gasteiger partial charge in [0.05, 0.1) is 33.4 Å². The van der Waals surface area contributed by atoms with Gasteiger partial charge in [0, 0.05) is 0 Å². The fourth-order valence-electron chi connectivity index (χ4n) is 1.47. The molecule has 0 aromatic heterocycles. The number of morpholine rings is 1. The van der Waals surface area contributed by atoms with Gasteiger partial charge >= 0.3 is 0 Å². The van der Waals surface area contributed by atoms with E-state index in [4.69, 9.17) is 9.47 Å². The van der Waals surface area contributed by atoms with Crippen LogP contribution in [0.25, 0.3) is 0 Å². The lowest BCUT2D eigenvalue weighted by Crippen LogP contribution is -2.31. The predicted octanol–water partition coefficient (Wildman–Crippen LogP) is 2.03. The first-order valence-corrected chi connectivity index (χ1v) is 5.27. The van der Waals surface area contributed by atoms with Gasteiger partial charge < -0.3 is 9.47 Å². The van der Waals surface area contributed by atoms with Crippen molar-refractivity contribution in [3.05, 3.63) is 24.3 Å².